The van der Waals surface area contributed by atoms with Gasteiger partial charge >= 0.3 is 5.97 Å². The molecule has 0 unspecified atom stereocenters. The van der Waals surface area contributed by atoms with E-state index in [-0.39, 0.29) is 11.7 Å². The lowest BCUT2D eigenvalue weighted by Crippen LogP contribution is -2.45. The molecule has 0 spiro atoms. The summed E-state index contributed by atoms with van der Waals surface area (Å²) in [5, 5.41) is 8.95. The van der Waals surface area contributed by atoms with Crippen molar-refractivity contribution in [3.63, 3.8) is 0 Å². The van der Waals surface area contributed by atoms with Crippen LogP contribution in [-0.2, 0) is 0 Å². The summed E-state index contributed by atoms with van der Waals surface area (Å²) in [5.74, 6) is -4.10. The maximum absolute atomic E-state index is 13.9. The maximum atomic E-state index is 13.9. The SMILES string of the molecule is C[C@H]1N2C(N)=Nc3cnc(C(=O)O)cc3[C@@H]2CC1(F)F. The van der Waals surface area contributed by atoms with Gasteiger partial charge in [-0.1, -0.05) is 0 Å². The number of hydrogen-bond acceptors (Lipinski definition) is 5. The van der Waals surface area contributed by atoms with Gasteiger partial charge in [0.1, 0.15) is 5.69 Å². The topological polar surface area (TPSA) is 91.8 Å². The number of aromatic carboxylic acids is 1. The van der Waals surface area contributed by atoms with Crippen LogP contribution in [0.4, 0.5) is 14.5 Å². The first-order chi connectivity index (χ1) is 9.31. The van der Waals surface area contributed by atoms with E-state index in [4.69, 9.17) is 10.8 Å². The Morgan fingerprint density at radius 2 is 2.30 bits per heavy atom. The molecular formula is C12H12F2N4O2. The van der Waals surface area contributed by atoms with E-state index in [2.05, 4.69) is 9.98 Å². The minimum Gasteiger partial charge on any atom is -0.477 e. The second-order valence-corrected chi connectivity index (χ2v) is 4.97. The summed E-state index contributed by atoms with van der Waals surface area (Å²) in [5.41, 5.74) is 6.32. The molecule has 0 radical (unpaired) electrons. The number of guanidine groups is 1. The fourth-order valence-electron chi connectivity index (χ4n) is 2.74. The van der Waals surface area contributed by atoms with Crippen molar-refractivity contribution in [2.45, 2.75) is 31.4 Å². The molecule has 20 heavy (non-hydrogen) atoms. The van der Waals surface area contributed by atoms with Crippen LogP contribution in [0, 0.1) is 0 Å². The van der Waals surface area contributed by atoms with Gasteiger partial charge < -0.3 is 15.7 Å². The first kappa shape index (κ1) is 12.8. The highest BCUT2D eigenvalue weighted by Crippen LogP contribution is 2.49. The van der Waals surface area contributed by atoms with Gasteiger partial charge in [-0.2, -0.15) is 0 Å². The largest absolute Gasteiger partial charge is 0.477 e. The predicted molar refractivity (Wildman–Crippen MR) is 66.1 cm³/mol. The van der Waals surface area contributed by atoms with E-state index in [1.165, 1.54) is 24.1 Å². The van der Waals surface area contributed by atoms with Crippen LogP contribution in [-0.4, -0.2) is 38.9 Å². The summed E-state index contributed by atoms with van der Waals surface area (Å²) in [6.07, 6.45) is 0.838. The molecule has 1 aromatic heterocycles. The fraction of sp³-hybridized carbons (Fsp3) is 0.417. The number of rotatable bonds is 1. The monoisotopic (exact) mass is 282 g/mol. The molecule has 3 rings (SSSR count). The molecule has 6 nitrogen and oxygen atoms in total. The van der Waals surface area contributed by atoms with Crippen LogP contribution in [0.2, 0.25) is 0 Å². The number of carboxylic acids is 1. The normalized spacial score (nSPS) is 26.8. The van der Waals surface area contributed by atoms with Crippen LogP contribution in [0.5, 0.6) is 0 Å². The molecule has 2 aliphatic heterocycles. The number of pyridine rings is 1. The average Bonchev–Trinajstić information content (AvgIpc) is 2.61. The van der Waals surface area contributed by atoms with Gasteiger partial charge in [0.15, 0.2) is 5.96 Å². The van der Waals surface area contributed by atoms with Gasteiger partial charge in [0.2, 0.25) is 0 Å². The Morgan fingerprint density at radius 3 is 2.95 bits per heavy atom. The number of carboxylic acid groups (broad SMARTS) is 1. The van der Waals surface area contributed by atoms with Crippen molar-refractivity contribution in [1.82, 2.24) is 9.88 Å². The Balaban J connectivity index is 2.14. The van der Waals surface area contributed by atoms with Gasteiger partial charge in [-0.05, 0) is 13.0 Å². The number of fused-ring (bicyclic) bond motifs is 3. The van der Waals surface area contributed by atoms with Crippen LogP contribution >= 0.6 is 0 Å². The highest BCUT2D eigenvalue weighted by atomic mass is 19.3. The third-order valence-electron chi connectivity index (χ3n) is 3.82. The minimum atomic E-state index is -2.90. The molecule has 1 fully saturated rings. The lowest BCUT2D eigenvalue weighted by atomic mass is 10.0. The number of aliphatic imine (C=N–C) groups is 1. The maximum Gasteiger partial charge on any atom is 0.354 e. The van der Waals surface area contributed by atoms with Gasteiger partial charge in [-0.15, -0.1) is 0 Å². The summed E-state index contributed by atoms with van der Waals surface area (Å²) in [6, 6.07) is -0.459. The lowest BCUT2D eigenvalue weighted by Gasteiger charge is -2.33. The van der Waals surface area contributed by atoms with Crippen LogP contribution in [0.25, 0.3) is 0 Å². The molecule has 3 heterocycles. The number of carbonyl (C=O) groups is 1. The molecule has 0 aliphatic carbocycles. The zero-order chi connectivity index (χ0) is 14.7. The smallest absolute Gasteiger partial charge is 0.354 e. The second-order valence-electron chi connectivity index (χ2n) is 4.97. The van der Waals surface area contributed by atoms with Gasteiger partial charge in [0.25, 0.3) is 5.92 Å². The van der Waals surface area contributed by atoms with Crippen molar-refractivity contribution < 1.29 is 18.7 Å². The lowest BCUT2D eigenvalue weighted by molar-refractivity contribution is -0.0169. The fourth-order valence-corrected chi connectivity index (χ4v) is 2.74. The molecule has 8 heteroatoms. The average molecular weight is 282 g/mol. The van der Waals surface area contributed by atoms with Crippen molar-refractivity contribution >= 4 is 17.6 Å². The third kappa shape index (κ3) is 1.64. The number of halogens is 2. The quantitative estimate of drug-likeness (QED) is 0.814. The Hall–Kier alpha value is -2.25. The zero-order valence-corrected chi connectivity index (χ0v) is 10.5. The van der Waals surface area contributed by atoms with Crippen molar-refractivity contribution in [1.29, 1.82) is 0 Å². The van der Waals surface area contributed by atoms with Gasteiger partial charge in [-0.25, -0.2) is 23.6 Å². The molecule has 2 aliphatic rings. The van der Waals surface area contributed by atoms with Crippen LogP contribution in [0.3, 0.4) is 0 Å². The van der Waals surface area contributed by atoms with E-state index in [9.17, 15) is 13.6 Å². The van der Waals surface area contributed by atoms with Crippen molar-refractivity contribution in [3.8, 4) is 0 Å². The van der Waals surface area contributed by atoms with Gasteiger partial charge in [0, 0.05) is 12.0 Å². The van der Waals surface area contributed by atoms with Crippen LogP contribution < -0.4 is 5.73 Å². The first-order valence-electron chi connectivity index (χ1n) is 6.05. The van der Waals surface area contributed by atoms with E-state index >= 15 is 0 Å². The van der Waals surface area contributed by atoms with Crippen molar-refractivity contribution in [3.05, 3.63) is 23.5 Å². The van der Waals surface area contributed by atoms with Gasteiger partial charge in [0.05, 0.1) is 24.0 Å². The molecule has 3 N–H and O–H groups in total. The number of nitrogens with zero attached hydrogens (tertiary/aromatic N) is 3. The summed E-state index contributed by atoms with van der Waals surface area (Å²) in [6.45, 7) is 1.38. The first-order valence-corrected chi connectivity index (χ1v) is 6.05. The molecule has 2 atom stereocenters. The Kier molecular flexibility index (Phi) is 2.47. The highest BCUT2D eigenvalue weighted by molar-refractivity contribution is 5.88. The van der Waals surface area contributed by atoms with Crippen molar-refractivity contribution in [2.24, 2.45) is 10.7 Å². The number of alkyl halides is 2. The number of hydrogen-bond donors (Lipinski definition) is 2. The zero-order valence-electron chi connectivity index (χ0n) is 10.5. The minimum absolute atomic E-state index is 0.0112. The molecule has 1 aromatic rings. The highest BCUT2D eigenvalue weighted by Gasteiger charge is 2.54. The van der Waals surface area contributed by atoms with Crippen LogP contribution in [0.1, 0.15) is 35.4 Å². The van der Waals surface area contributed by atoms with Crippen LogP contribution in [0.15, 0.2) is 17.3 Å². The molecule has 0 amide bonds. The number of aromatic nitrogens is 1. The Labute approximate surface area is 112 Å². The summed E-state index contributed by atoms with van der Waals surface area (Å²) in [4.78, 5) is 20.1. The predicted octanol–water partition coefficient (Wildman–Crippen LogP) is 1.51. The molecule has 1 saturated heterocycles. The van der Waals surface area contributed by atoms with E-state index in [1.54, 1.807) is 0 Å². The summed E-state index contributed by atoms with van der Waals surface area (Å²) < 4.78 is 27.8. The van der Waals surface area contributed by atoms with E-state index in [0.29, 0.717) is 11.3 Å². The molecular weight excluding hydrogens is 270 g/mol. The summed E-state index contributed by atoms with van der Waals surface area (Å²) in [7, 11) is 0. The second kappa shape index (κ2) is 3.87. The number of nitrogens with two attached hydrogens (primary N) is 1. The standard InChI is InChI=1S/C12H12F2N4O2/c1-5-12(13,14)3-9-6-2-7(10(19)20)16-4-8(6)17-11(15)18(5)9/h2,4-5,9H,3H2,1H3,(H2,15,17)(H,19,20)/t5-,9+/m1/s1. The van der Waals surface area contributed by atoms with E-state index in [0.717, 1.165) is 0 Å². The molecule has 0 aromatic carbocycles. The molecule has 0 saturated carbocycles. The van der Waals surface area contributed by atoms with E-state index in [1.807, 2.05) is 0 Å². The summed E-state index contributed by atoms with van der Waals surface area (Å²) >= 11 is 0. The van der Waals surface area contributed by atoms with Gasteiger partial charge in [-0.3, -0.25) is 0 Å². The Morgan fingerprint density at radius 1 is 1.60 bits per heavy atom. The molecule has 106 valence electrons. The third-order valence-corrected chi connectivity index (χ3v) is 3.82. The molecule has 0 bridgehead atoms. The van der Waals surface area contributed by atoms with Crippen molar-refractivity contribution in [2.75, 3.05) is 0 Å². The Bertz CT molecular complexity index is 632. The van der Waals surface area contributed by atoms with E-state index < -0.39 is 30.4 Å².